The summed E-state index contributed by atoms with van der Waals surface area (Å²) in [4.78, 5) is 10.7. The molecule has 1 unspecified atom stereocenters. The van der Waals surface area contributed by atoms with E-state index in [1.54, 1.807) is 25.2 Å². The molecule has 2 rings (SSSR count). The van der Waals surface area contributed by atoms with Crippen LogP contribution in [0.3, 0.4) is 0 Å². The van der Waals surface area contributed by atoms with Crippen molar-refractivity contribution in [3.63, 3.8) is 0 Å². The molecule has 0 saturated carbocycles. The van der Waals surface area contributed by atoms with Crippen LogP contribution in [0.5, 0.6) is 0 Å². The molecule has 2 N–H and O–H groups in total. The van der Waals surface area contributed by atoms with Crippen LogP contribution < -0.4 is 10.6 Å². The summed E-state index contributed by atoms with van der Waals surface area (Å²) in [5.74, 6) is 0. The number of hydrogen-bond acceptors (Lipinski definition) is 5. The van der Waals surface area contributed by atoms with Gasteiger partial charge in [0.05, 0.1) is 17.6 Å². The summed E-state index contributed by atoms with van der Waals surface area (Å²) in [7, 11) is 1.67. The van der Waals surface area contributed by atoms with Gasteiger partial charge in [0, 0.05) is 13.7 Å². The Morgan fingerprint density at radius 3 is 2.82 bits per heavy atom. The van der Waals surface area contributed by atoms with Crippen molar-refractivity contribution in [1.82, 2.24) is 0 Å². The van der Waals surface area contributed by atoms with E-state index in [0.29, 0.717) is 24.6 Å². The van der Waals surface area contributed by atoms with Crippen molar-refractivity contribution in [3.8, 4) is 0 Å². The number of rotatable bonds is 4. The fourth-order valence-electron chi connectivity index (χ4n) is 1.93. The molecule has 6 nitrogen and oxygen atoms in total. The van der Waals surface area contributed by atoms with Crippen LogP contribution in [0.25, 0.3) is 0 Å². The number of para-hydroxylation sites is 1. The van der Waals surface area contributed by atoms with Crippen molar-refractivity contribution in [2.45, 2.75) is 12.5 Å². The molecule has 1 aliphatic rings. The Bertz CT molecular complexity index is 416. The van der Waals surface area contributed by atoms with Gasteiger partial charge in [0.25, 0.3) is 0 Å². The molecule has 1 heterocycles. The Labute approximate surface area is 99.1 Å². The Morgan fingerprint density at radius 2 is 2.24 bits per heavy atom. The summed E-state index contributed by atoms with van der Waals surface area (Å²) < 4.78 is 5.24. The van der Waals surface area contributed by atoms with Gasteiger partial charge < -0.3 is 15.4 Å². The van der Waals surface area contributed by atoms with Gasteiger partial charge in [-0.05, 0) is 18.6 Å². The first kappa shape index (κ1) is 11.7. The maximum Gasteiger partial charge on any atom is 0.315 e. The van der Waals surface area contributed by atoms with Crippen LogP contribution >= 0.6 is 0 Å². The van der Waals surface area contributed by atoms with Crippen molar-refractivity contribution < 1.29 is 9.66 Å². The van der Waals surface area contributed by atoms with Gasteiger partial charge in [0.15, 0.2) is 0 Å². The summed E-state index contributed by atoms with van der Waals surface area (Å²) in [6.45, 7) is 1.30. The Hall–Kier alpha value is -1.82. The zero-order chi connectivity index (χ0) is 12.3. The van der Waals surface area contributed by atoms with E-state index in [-0.39, 0.29) is 16.7 Å². The molecular weight excluding hydrogens is 222 g/mol. The third-order valence-corrected chi connectivity index (χ3v) is 2.78. The first-order chi connectivity index (χ1) is 8.22. The molecular formula is C11H15N3O3. The van der Waals surface area contributed by atoms with E-state index in [2.05, 4.69) is 10.6 Å². The van der Waals surface area contributed by atoms with Crippen LogP contribution in [-0.2, 0) is 4.74 Å². The highest BCUT2D eigenvalue weighted by Gasteiger charge is 2.22. The third kappa shape index (κ3) is 2.47. The van der Waals surface area contributed by atoms with Crippen LogP contribution in [0.1, 0.15) is 6.42 Å². The Kier molecular flexibility index (Phi) is 3.43. The van der Waals surface area contributed by atoms with E-state index < -0.39 is 0 Å². The summed E-state index contributed by atoms with van der Waals surface area (Å²) >= 11 is 0. The lowest BCUT2D eigenvalue weighted by Crippen LogP contribution is -2.19. The summed E-state index contributed by atoms with van der Waals surface area (Å²) in [6, 6.07) is 5.35. The maximum absolute atomic E-state index is 11.1. The molecule has 1 aromatic rings. The van der Waals surface area contributed by atoms with Crippen molar-refractivity contribution in [2.24, 2.45) is 0 Å². The predicted molar refractivity (Wildman–Crippen MR) is 65.5 cm³/mol. The molecule has 0 aromatic heterocycles. The number of nitrogens with one attached hydrogen (secondary N) is 2. The van der Waals surface area contributed by atoms with Crippen LogP contribution in [0, 0.1) is 10.1 Å². The number of nitrogens with zero attached hydrogens (tertiary/aromatic N) is 1. The van der Waals surface area contributed by atoms with E-state index in [4.69, 9.17) is 4.74 Å². The minimum atomic E-state index is -0.371. The number of hydrogen-bond donors (Lipinski definition) is 2. The largest absolute Gasteiger partial charge is 0.382 e. The number of nitro benzene ring substituents is 1. The van der Waals surface area contributed by atoms with Gasteiger partial charge in [-0.25, -0.2) is 0 Å². The second kappa shape index (κ2) is 5.01. The Balaban J connectivity index is 2.28. The topological polar surface area (TPSA) is 76.4 Å². The molecule has 1 aromatic carbocycles. The lowest BCUT2D eigenvalue weighted by Gasteiger charge is -2.13. The number of anilines is 2. The quantitative estimate of drug-likeness (QED) is 0.617. The highest BCUT2D eigenvalue weighted by Crippen LogP contribution is 2.33. The van der Waals surface area contributed by atoms with Gasteiger partial charge in [-0.15, -0.1) is 0 Å². The van der Waals surface area contributed by atoms with Gasteiger partial charge in [-0.3, -0.25) is 10.1 Å². The fraction of sp³-hybridized carbons (Fsp3) is 0.455. The molecule has 0 radical (unpaired) electrons. The second-order valence-electron chi connectivity index (χ2n) is 3.91. The van der Waals surface area contributed by atoms with Crippen LogP contribution in [-0.4, -0.2) is 31.2 Å². The van der Waals surface area contributed by atoms with E-state index in [9.17, 15) is 10.1 Å². The van der Waals surface area contributed by atoms with Gasteiger partial charge in [-0.2, -0.15) is 0 Å². The van der Waals surface area contributed by atoms with Crippen LogP contribution in [0.4, 0.5) is 17.1 Å². The number of nitro groups is 1. The molecule has 1 saturated heterocycles. The lowest BCUT2D eigenvalue weighted by atomic mass is 10.2. The van der Waals surface area contributed by atoms with E-state index in [1.165, 1.54) is 0 Å². The predicted octanol–water partition coefficient (Wildman–Crippen LogP) is 1.84. The molecule has 1 atom stereocenters. The summed E-state index contributed by atoms with van der Waals surface area (Å²) in [5.41, 5.74) is 1.14. The maximum atomic E-state index is 11.1. The minimum absolute atomic E-state index is 0.0851. The molecule has 1 aliphatic heterocycles. The zero-order valence-corrected chi connectivity index (χ0v) is 9.60. The van der Waals surface area contributed by atoms with Crippen molar-refractivity contribution in [2.75, 3.05) is 30.9 Å². The molecule has 1 fully saturated rings. The van der Waals surface area contributed by atoms with Gasteiger partial charge in [-0.1, -0.05) is 6.07 Å². The molecule has 92 valence electrons. The third-order valence-electron chi connectivity index (χ3n) is 2.78. The average Bonchev–Trinajstić information content (AvgIpc) is 2.81. The average molecular weight is 237 g/mol. The Morgan fingerprint density at radius 1 is 1.47 bits per heavy atom. The van der Waals surface area contributed by atoms with Crippen LogP contribution in [0.15, 0.2) is 18.2 Å². The highest BCUT2D eigenvalue weighted by atomic mass is 16.6. The van der Waals surface area contributed by atoms with Gasteiger partial charge in [0.2, 0.25) is 0 Å². The monoisotopic (exact) mass is 237 g/mol. The number of benzene rings is 1. The minimum Gasteiger partial charge on any atom is -0.382 e. The first-order valence-electron chi connectivity index (χ1n) is 5.52. The summed E-state index contributed by atoms with van der Waals surface area (Å²) in [6.07, 6.45) is 0.876. The van der Waals surface area contributed by atoms with E-state index in [0.717, 1.165) is 6.42 Å². The normalized spacial score (nSPS) is 19.0. The van der Waals surface area contributed by atoms with E-state index in [1.807, 2.05) is 0 Å². The molecule has 0 spiro atoms. The molecule has 0 amide bonds. The van der Waals surface area contributed by atoms with Crippen molar-refractivity contribution in [1.29, 1.82) is 0 Å². The number of ether oxygens (including phenoxy) is 1. The zero-order valence-electron chi connectivity index (χ0n) is 9.60. The lowest BCUT2D eigenvalue weighted by molar-refractivity contribution is -0.383. The molecule has 0 aliphatic carbocycles. The summed E-state index contributed by atoms with van der Waals surface area (Å²) in [5, 5.41) is 17.1. The molecule has 6 heteroatoms. The second-order valence-corrected chi connectivity index (χ2v) is 3.91. The van der Waals surface area contributed by atoms with Crippen molar-refractivity contribution >= 4 is 17.1 Å². The smallest absolute Gasteiger partial charge is 0.315 e. The molecule has 17 heavy (non-hydrogen) atoms. The van der Waals surface area contributed by atoms with Gasteiger partial charge >= 0.3 is 5.69 Å². The highest BCUT2D eigenvalue weighted by molar-refractivity contribution is 5.76. The van der Waals surface area contributed by atoms with Crippen LogP contribution in [0.2, 0.25) is 0 Å². The SMILES string of the molecule is CNc1cccc(NC2CCOC2)c1[N+](=O)[O-]. The van der Waals surface area contributed by atoms with Gasteiger partial charge in [0.1, 0.15) is 11.4 Å². The van der Waals surface area contributed by atoms with E-state index >= 15 is 0 Å². The first-order valence-corrected chi connectivity index (χ1v) is 5.52. The molecule has 0 bridgehead atoms. The standard InChI is InChI=1S/C11H15N3O3/c1-12-9-3-2-4-10(11(9)14(15)16)13-8-5-6-17-7-8/h2-4,8,12-13H,5-7H2,1H3. The fourth-order valence-corrected chi connectivity index (χ4v) is 1.93. The van der Waals surface area contributed by atoms with Crippen molar-refractivity contribution in [3.05, 3.63) is 28.3 Å².